The minimum absolute atomic E-state index is 0.0967. The van der Waals surface area contributed by atoms with Crippen LogP contribution in [0.5, 0.6) is 0 Å². The minimum Gasteiger partial charge on any atom is -0.449 e. The van der Waals surface area contributed by atoms with Crippen molar-refractivity contribution < 1.29 is 27.5 Å². The van der Waals surface area contributed by atoms with E-state index in [4.69, 9.17) is 4.74 Å². The summed E-state index contributed by atoms with van der Waals surface area (Å²) in [5, 5.41) is 2.85. The van der Waals surface area contributed by atoms with E-state index in [1.807, 2.05) is 4.90 Å². The van der Waals surface area contributed by atoms with Crippen molar-refractivity contribution in [2.75, 3.05) is 19.7 Å². The van der Waals surface area contributed by atoms with Crippen LogP contribution in [0, 0.1) is 11.8 Å². The number of amides is 2. The molecule has 4 aliphatic rings. The Morgan fingerprint density at radius 1 is 1.18 bits per heavy atom. The number of halogens is 3. The summed E-state index contributed by atoms with van der Waals surface area (Å²) < 4.78 is 43.3. The Kier molecular flexibility index (Phi) is 3.59. The van der Waals surface area contributed by atoms with Gasteiger partial charge >= 0.3 is 12.3 Å². The summed E-state index contributed by atoms with van der Waals surface area (Å²) in [6.07, 6.45) is -1.84. The van der Waals surface area contributed by atoms with Gasteiger partial charge in [-0.25, -0.2) is 4.79 Å². The second-order valence-electron chi connectivity index (χ2n) is 8.75. The molecule has 2 saturated carbocycles. The molecule has 5 nitrogen and oxygen atoms in total. The molecule has 2 unspecified atom stereocenters. The fraction of sp³-hybridized carbons (Fsp3) is 0.600. The van der Waals surface area contributed by atoms with Gasteiger partial charge in [-0.1, -0.05) is 12.1 Å². The van der Waals surface area contributed by atoms with Gasteiger partial charge in [-0.2, -0.15) is 13.2 Å². The largest absolute Gasteiger partial charge is 0.449 e. The molecular formula is C20H21F3N2O3. The Morgan fingerprint density at radius 2 is 1.89 bits per heavy atom. The van der Waals surface area contributed by atoms with Crippen LogP contribution in [0.1, 0.15) is 36.8 Å². The SMILES string of the molecule is O=C1NC2(CCO1)CC(C(=O)N1CC3CC3(c3ccc(C(F)(F)F)cc3)C1)C2. The highest BCUT2D eigenvalue weighted by Gasteiger charge is 2.63. The lowest BCUT2D eigenvalue weighted by Crippen LogP contribution is -2.63. The molecule has 1 N–H and O–H groups in total. The molecule has 5 rings (SSSR count). The van der Waals surface area contributed by atoms with Crippen molar-refractivity contribution in [3.8, 4) is 0 Å². The monoisotopic (exact) mass is 394 g/mol. The van der Waals surface area contributed by atoms with E-state index < -0.39 is 17.8 Å². The van der Waals surface area contributed by atoms with E-state index in [1.54, 1.807) is 12.1 Å². The number of nitrogens with one attached hydrogen (secondary N) is 1. The highest BCUT2D eigenvalue weighted by Crippen LogP contribution is 2.59. The predicted octanol–water partition coefficient (Wildman–Crippen LogP) is 3.08. The van der Waals surface area contributed by atoms with Gasteiger partial charge in [0.05, 0.1) is 12.2 Å². The highest BCUT2D eigenvalue weighted by atomic mass is 19.4. The van der Waals surface area contributed by atoms with Crippen LogP contribution < -0.4 is 5.32 Å². The molecule has 0 aromatic heterocycles. The van der Waals surface area contributed by atoms with Crippen LogP contribution in [0.4, 0.5) is 18.0 Å². The number of carbonyl (C=O) groups is 2. The van der Waals surface area contributed by atoms with E-state index in [-0.39, 0.29) is 22.8 Å². The molecule has 2 saturated heterocycles. The van der Waals surface area contributed by atoms with Gasteiger partial charge in [0.15, 0.2) is 0 Å². The molecule has 2 atom stereocenters. The number of piperidine rings is 1. The summed E-state index contributed by atoms with van der Waals surface area (Å²) in [6.45, 7) is 1.62. The summed E-state index contributed by atoms with van der Waals surface area (Å²) in [7, 11) is 0. The zero-order chi connectivity index (χ0) is 19.7. The van der Waals surface area contributed by atoms with Crippen molar-refractivity contribution in [1.29, 1.82) is 0 Å². The van der Waals surface area contributed by atoms with Crippen molar-refractivity contribution in [2.45, 2.75) is 42.8 Å². The van der Waals surface area contributed by atoms with E-state index in [0.29, 0.717) is 38.5 Å². The number of benzene rings is 1. The van der Waals surface area contributed by atoms with Crippen molar-refractivity contribution in [3.63, 3.8) is 0 Å². The molecule has 2 amide bonds. The average molecular weight is 394 g/mol. The topological polar surface area (TPSA) is 58.6 Å². The molecular weight excluding hydrogens is 373 g/mol. The van der Waals surface area contributed by atoms with E-state index in [9.17, 15) is 22.8 Å². The number of cyclic esters (lactones) is 1. The predicted molar refractivity (Wildman–Crippen MR) is 92.4 cm³/mol. The van der Waals surface area contributed by atoms with Gasteiger partial charge in [0.2, 0.25) is 5.91 Å². The summed E-state index contributed by atoms with van der Waals surface area (Å²) >= 11 is 0. The lowest BCUT2D eigenvalue weighted by molar-refractivity contribution is -0.142. The number of hydrogen-bond acceptors (Lipinski definition) is 3. The van der Waals surface area contributed by atoms with E-state index in [1.165, 1.54) is 0 Å². The minimum atomic E-state index is -4.34. The number of carbonyl (C=O) groups excluding carboxylic acids is 2. The number of hydrogen-bond donors (Lipinski definition) is 1. The molecule has 1 aromatic carbocycles. The number of alkyl halides is 3. The Balaban J connectivity index is 1.23. The Morgan fingerprint density at radius 3 is 2.54 bits per heavy atom. The maximum atomic E-state index is 12.9. The molecule has 2 heterocycles. The Hall–Kier alpha value is -2.25. The van der Waals surface area contributed by atoms with Crippen LogP contribution in [-0.4, -0.2) is 42.1 Å². The lowest BCUT2D eigenvalue weighted by atomic mass is 9.65. The van der Waals surface area contributed by atoms with Gasteiger partial charge in [0, 0.05) is 36.4 Å². The van der Waals surface area contributed by atoms with Gasteiger partial charge < -0.3 is 15.0 Å². The molecule has 150 valence electrons. The van der Waals surface area contributed by atoms with Crippen LogP contribution in [-0.2, 0) is 21.1 Å². The summed E-state index contributed by atoms with van der Waals surface area (Å²) in [5.74, 6) is 0.329. The smallest absolute Gasteiger partial charge is 0.416 e. The zero-order valence-electron chi connectivity index (χ0n) is 15.2. The first-order valence-electron chi connectivity index (χ1n) is 9.62. The third-order valence-electron chi connectivity index (χ3n) is 7.05. The van der Waals surface area contributed by atoms with Gasteiger partial charge in [0.1, 0.15) is 0 Å². The van der Waals surface area contributed by atoms with Crippen LogP contribution in [0.3, 0.4) is 0 Å². The Bertz CT molecular complexity index is 832. The third-order valence-corrected chi connectivity index (χ3v) is 7.05. The quantitative estimate of drug-likeness (QED) is 0.839. The van der Waals surface area contributed by atoms with Crippen LogP contribution in [0.15, 0.2) is 24.3 Å². The summed E-state index contributed by atoms with van der Waals surface area (Å²) in [4.78, 5) is 26.2. The first-order valence-corrected chi connectivity index (χ1v) is 9.62. The highest BCUT2D eigenvalue weighted by molar-refractivity contribution is 5.82. The van der Waals surface area contributed by atoms with Crippen molar-refractivity contribution in [1.82, 2.24) is 10.2 Å². The number of likely N-dealkylation sites (tertiary alicyclic amines) is 1. The summed E-state index contributed by atoms with van der Waals surface area (Å²) in [5.41, 5.74) is -0.242. The number of rotatable bonds is 2. The third kappa shape index (κ3) is 2.68. The van der Waals surface area contributed by atoms with Crippen molar-refractivity contribution >= 4 is 12.0 Å². The van der Waals surface area contributed by atoms with Gasteiger partial charge in [-0.05, 0) is 42.9 Å². The zero-order valence-corrected chi connectivity index (χ0v) is 15.2. The average Bonchev–Trinajstić information content (AvgIpc) is 3.20. The number of ether oxygens (including phenoxy) is 1. The standard InChI is InChI=1S/C20H21F3N2O3/c21-20(22,23)14-3-1-13(2-4-14)19-9-15(19)10-25(11-19)16(26)12-7-18(8-12)5-6-28-17(27)24-18/h1-4,12,15H,5-11H2,(H,24,27). The molecule has 28 heavy (non-hydrogen) atoms. The second-order valence-corrected chi connectivity index (χ2v) is 8.75. The molecule has 8 heteroatoms. The molecule has 4 fully saturated rings. The van der Waals surface area contributed by atoms with E-state index in [2.05, 4.69) is 5.32 Å². The normalized spacial score (nSPS) is 36.4. The van der Waals surface area contributed by atoms with Gasteiger partial charge in [-0.3, -0.25) is 4.79 Å². The maximum absolute atomic E-state index is 12.9. The van der Waals surface area contributed by atoms with E-state index >= 15 is 0 Å². The molecule has 0 radical (unpaired) electrons. The summed E-state index contributed by atoms with van der Waals surface area (Å²) in [6, 6.07) is 5.39. The molecule has 2 aliphatic carbocycles. The number of alkyl carbamates (subject to hydrolysis) is 1. The molecule has 0 bridgehead atoms. The van der Waals surface area contributed by atoms with Crippen LogP contribution >= 0.6 is 0 Å². The van der Waals surface area contributed by atoms with E-state index in [0.717, 1.165) is 30.5 Å². The molecule has 1 aromatic rings. The fourth-order valence-electron chi connectivity index (χ4n) is 5.37. The second kappa shape index (κ2) is 5.64. The number of nitrogens with zero attached hydrogens (tertiary/aromatic N) is 1. The first kappa shape index (κ1) is 17.8. The lowest BCUT2D eigenvalue weighted by Gasteiger charge is -2.49. The fourth-order valence-corrected chi connectivity index (χ4v) is 5.37. The van der Waals surface area contributed by atoms with Crippen LogP contribution in [0.25, 0.3) is 0 Å². The van der Waals surface area contributed by atoms with Crippen molar-refractivity contribution in [2.24, 2.45) is 11.8 Å². The van der Waals surface area contributed by atoms with Gasteiger partial charge in [0.25, 0.3) is 0 Å². The maximum Gasteiger partial charge on any atom is 0.416 e. The molecule has 1 spiro atoms. The van der Waals surface area contributed by atoms with Gasteiger partial charge in [-0.15, -0.1) is 0 Å². The molecule has 2 aliphatic heterocycles. The van der Waals surface area contributed by atoms with Crippen LogP contribution in [0.2, 0.25) is 0 Å². The number of fused-ring (bicyclic) bond motifs is 1. The first-order chi connectivity index (χ1) is 13.2. The van der Waals surface area contributed by atoms with Crippen molar-refractivity contribution in [3.05, 3.63) is 35.4 Å². The Labute approximate surface area is 160 Å².